The minimum atomic E-state index is -2.59. The molecule has 1 aliphatic carbocycles. The van der Waals surface area contributed by atoms with Gasteiger partial charge >= 0.3 is 0 Å². The first kappa shape index (κ1) is 25.1. The van der Waals surface area contributed by atoms with E-state index < -0.39 is 5.92 Å². The quantitative estimate of drug-likeness (QED) is 0.313. The molecule has 36 heavy (non-hydrogen) atoms. The SMILES string of the molecule is O=C(Nc1cccc(N2CCC(F)(F)CC2)c1)c1ccc(NSCCO)cc1N1CCC2(CC1)CC2. The summed E-state index contributed by atoms with van der Waals surface area (Å²) in [6.45, 7) is 2.56. The first-order valence-corrected chi connectivity index (χ1v) is 13.8. The van der Waals surface area contributed by atoms with E-state index in [1.54, 1.807) is 0 Å². The lowest BCUT2D eigenvalue weighted by Gasteiger charge is -2.35. The first-order chi connectivity index (χ1) is 17.4. The number of hydrogen-bond donors (Lipinski definition) is 3. The number of amides is 1. The zero-order valence-electron chi connectivity index (χ0n) is 20.4. The zero-order chi connectivity index (χ0) is 25.2. The Morgan fingerprint density at radius 2 is 1.64 bits per heavy atom. The van der Waals surface area contributed by atoms with E-state index in [2.05, 4.69) is 14.9 Å². The number of benzene rings is 2. The number of aliphatic hydroxyl groups excluding tert-OH is 1. The molecule has 0 radical (unpaired) electrons. The Hall–Kier alpha value is -2.52. The van der Waals surface area contributed by atoms with Gasteiger partial charge in [0.05, 0.1) is 17.9 Å². The van der Waals surface area contributed by atoms with Gasteiger partial charge in [-0.3, -0.25) is 4.79 Å². The lowest BCUT2D eigenvalue weighted by Crippen LogP contribution is -2.39. The van der Waals surface area contributed by atoms with Crippen molar-refractivity contribution in [1.29, 1.82) is 0 Å². The van der Waals surface area contributed by atoms with E-state index in [0.717, 1.165) is 43.0 Å². The molecular formula is C27H34F2N4O2S. The third-order valence-electron chi connectivity index (χ3n) is 7.71. The molecule has 2 heterocycles. The zero-order valence-corrected chi connectivity index (χ0v) is 21.3. The second-order valence-corrected chi connectivity index (χ2v) is 11.1. The summed E-state index contributed by atoms with van der Waals surface area (Å²) in [6.07, 6.45) is 4.64. The van der Waals surface area contributed by atoms with Crippen molar-refractivity contribution in [2.24, 2.45) is 5.41 Å². The van der Waals surface area contributed by atoms with Gasteiger partial charge in [0.2, 0.25) is 0 Å². The molecule has 3 fully saturated rings. The van der Waals surface area contributed by atoms with Crippen LogP contribution in [0.1, 0.15) is 48.9 Å². The van der Waals surface area contributed by atoms with E-state index >= 15 is 0 Å². The number of aliphatic hydroxyl groups is 1. The fraction of sp³-hybridized carbons (Fsp3) is 0.519. The number of carbonyl (C=O) groups excluding carboxylic acids is 1. The van der Waals surface area contributed by atoms with Gasteiger partial charge in [-0.15, -0.1) is 0 Å². The molecular weight excluding hydrogens is 482 g/mol. The lowest BCUT2D eigenvalue weighted by atomic mass is 9.93. The highest BCUT2D eigenvalue weighted by Crippen LogP contribution is 2.54. The van der Waals surface area contributed by atoms with E-state index in [9.17, 15) is 13.6 Å². The Morgan fingerprint density at radius 1 is 0.917 bits per heavy atom. The molecule has 1 amide bonds. The third-order valence-corrected chi connectivity index (χ3v) is 8.48. The van der Waals surface area contributed by atoms with Crippen molar-refractivity contribution in [3.05, 3.63) is 48.0 Å². The van der Waals surface area contributed by atoms with Crippen LogP contribution in [0.3, 0.4) is 0 Å². The van der Waals surface area contributed by atoms with E-state index in [-0.39, 0.29) is 25.4 Å². The summed E-state index contributed by atoms with van der Waals surface area (Å²) in [6, 6.07) is 13.2. The maximum atomic E-state index is 13.6. The molecule has 194 valence electrons. The molecule has 0 aromatic heterocycles. The molecule has 1 spiro atoms. The number of nitrogens with one attached hydrogen (secondary N) is 2. The van der Waals surface area contributed by atoms with Crippen molar-refractivity contribution < 1.29 is 18.7 Å². The first-order valence-electron chi connectivity index (χ1n) is 12.8. The van der Waals surface area contributed by atoms with Gasteiger partial charge in [-0.2, -0.15) is 0 Å². The number of alkyl halides is 2. The van der Waals surface area contributed by atoms with Gasteiger partial charge in [0.25, 0.3) is 11.8 Å². The third kappa shape index (κ3) is 5.89. The van der Waals surface area contributed by atoms with Crippen molar-refractivity contribution in [3.8, 4) is 0 Å². The molecule has 6 nitrogen and oxygen atoms in total. The number of rotatable bonds is 8. The fourth-order valence-corrected chi connectivity index (χ4v) is 5.69. The molecule has 2 saturated heterocycles. The van der Waals surface area contributed by atoms with Gasteiger partial charge < -0.3 is 24.9 Å². The largest absolute Gasteiger partial charge is 0.395 e. The van der Waals surface area contributed by atoms with E-state index in [1.165, 1.54) is 24.8 Å². The van der Waals surface area contributed by atoms with Crippen LogP contribution in [-0.2, 0) is 0 Å². The highest BCUT2D eigenvalue weighted by Gasteiger charge is 2.44. The van der Waals surface area contributed by atoms with Crippen LogP contribution in [0.2, 0.25) is 0 Å². The Morgan fingerprint density at radius 3 is 2.33 bits per heavy atom. The van der Waals surface area contributed by atoms with Gasteiger partial charge in [-0.25, -0.2) is 8.78 Å². The van der Waals surface area contributed by atoms with Crippen LogP contribution >= 0.6 is 11.9 Å². The van der Waals surface area contributed by atoms with Crippen LogP contribution < -0.4 is 19.8 Å². The van der Waals surface area contributed by atoms with Crippen molar-refractivity contribution in [1.82, 2.24) is 0 Å². The van der Waals surface area contributed by atoms with Crippen molar-refractivity contribution >= 4 is 40.6 Å². The highest BCUT2D eigenvalue weighted by atomic mass is 32.2. The summed E-state index contributed by atoms with van der Waals surface area (Å²) in [5.74, 6) is -2.20. The molecule has 0 unspecified atom stereocenters. The van der Waals surface area contributed by atoms with E-state index in [1.807, 2.05) is 47.4 Å². The summed E-state index contributed by atoms with van der Waals surface area (Å²) in [5, 5.41) is 12.1. The maximum absolute atomic E-state index is 13.6. The second-order valence-electron chi connectivity index (χ2n) is 10.2. The average Bonchev–Trinajstić information content (AvgIpc) is 3.63. The van der Waals surface area contributed by atoms with E-state index in [4.69, 9.17) is 5.11 Å². The number of piperidine rings is 2. The minimum Gasteiger partial charge on any atom is -0.395 e. The van der Waals surface area contributed by atoms with E-state index in [0.29, 0.717) is 35.5 Å². The monoisotopic (exact) mass is 516 g/mol. The Kier molecular flexibility index (Phi) is 7.30. The van der Waals surface area contributed by atoms with Crippen molar-refractivity contribution in [3.63, 3.8) is 0 Å². The predicted molar refractivity (Wildman–Crippen MR) is 144 cm³/mol. The van der Waals surface area contributed by atoms with Gasteiger partial charge in [0.1, 0.15) is 0 Å². The molecule has 2 aliphatic heterocycles. The molecule has 9 heteroatoms. The van der Waals surface area contributed by atoms with Crippen LogP contribution in [0, 0.1) is 5.41 Å². The normalized spacial score (nSPS) is 20.3. The molecule has 3 aliphatic rings. The summed E-state index contributed by atoms with van der Waals surface area (Å²) >= 11 is 1.43. The lowest BCUT2D eigenvalue weighted by molar-refractivity contribution is -0.0220. The van der Waals surface area contributed by atoms with Gasteiger partial charge in [-0.05, 0) is 67.5 Å². The van der Waals surface area contributed by atoms with Gasteiger partial charge in [0.15, 0.2) is 0 Å². The number of hydrogen-bond acceptors (Lipinski definition) is 6. The van der Waals surface area contributed by atoms with Crippen LogP contribution in [-0.4, -0.2) is 55.5 Å². The fourth-order valence-electron chi connectivity index (χ4n) is 5.20. The van der Waals surface area contributed by atoms with Gasteiger partial charge in [0, 0.05) is 61.8 Å². The van der Waals surface area contributed by atoms with Crippen molar-refractivity contribution in [2.75, 3.05) is 58.4 Å². The number of carbonyl (C=O) groups is 1. The van der Waals surface area contributed by atoms with Crippen LogP contribution in [0.4, 0.5) is 31.5 Å². The maximum Gasteiger partial charge on any atom is 0.257 e. The smallest absolute Gasteiger partial charge is 0.257 e. The molecule has 1 saturated carbocycles. The Balaban J connectivity index is 1.32. The molecule has 0 atom stereocenters. The Bertz CT molecular complexity index is 1080. The topological polar surface area (TPSA) is 67.8 Å². The molecule has 2 aromatic rings. The standard InChI is InChI=1S/C27H34F2N4O2S/c28-27(29)10-14-32(15-11-27)22-3-1-2-20(18-22)30-25(35)23-5-4-21(31-36-17-16-34)19-24(23)33-12-8-26(6-7-26)9-13-33/h1-5,18-19,31,34H,6-17H2,(H,30,35). The molecule has 2 aromatic carbocycles. The number of anilines is 4. The summed E-state index contributed by atoms with van der Waals surface area (Å²) in [7, 11) is 0. The number of halogens is 2. The summed E-state index contributed by atoms with van der Waals surface area (Å²) in [5.41, 5.74) is 4.45. The molecule has 3 N–H and O–H groups in total. The number of nitrogens with zero attached hydrogens (tertiary/aromatic N) is 2. The average molecular weight is 517 g/mol. The van der Waals surface area contributed by atoms with Crippen LogP contribution in [0.25, 0.3) is 0 Å². The Labute approximate surface area is 215 Å². The predicted octanol–water partition coefficient (Wildman–Crippen LogP) is 5.61. The summed E-state index contributed by atoms with van der Waals surface area (Å²) < 4.78 is 30.4. The van der Waals surface area contributed by atoms with Crippen LogP contribution in [0.5, 0.6) is 0 Å². The van der Waals surface area contributed by atoms with Gasteiger partial charge in [-0.1, -0.05) is 18.0 Å². The highest BCUT2D eigenvalue weighted by molar-refractivity contribution is 8.00. The van der Waals surface area contributed by atoms with Crippen LogP contribution in [0.15, 0.2) is 42.5 Å². The molecule has 5 rings (SSSR count). The summed E-state index contributed by atoms with van der Waals surface area (Å²) in [4.78, 5) is 17.7. The molecule has 0 bridgehead atoms. The second kappa shape index (κ2) is 10.5. The minimum absolute atomic E-state index is 0.0954. The van der Waals surface area contributed by atoms with Crippen molar-refractivity contribution in [2.45, 2.75) is 44.4 Å².